The van der Waals surface area contributed by atoms with Gasteiger partial charge in [-0.25, -0.2) is 0 Å². The second-order valence-corrected chi connectivity index (χ2v) is 5.75. The summed E-state index contributed by atoms with van der Waals surface area (Å²) in [5.41, 5.74) is 1.17. The zero-order chi connectivity index (χ0) is 14.7. The number of nitrogens with one attached hydrogen (secondary N) is 1. The normalized spacial score (nSPS) is 18.4. The van der Waals surface area contributed by atoms with E-state index >= 15 is 0 Å². The molecular weight excluding hydrogens is 288 g/mol. The Balaban J connectivity index is 1.52. The summed E-state index contributed by atoms with van der Waals surface area (Å²) in [4.78, 5) is 2.34. The third-order valence-corrected chi connectivity index (χ3v) is 4.03. The summed E-state index contributed by atoms with van der Waals surface area (Å²) < 4.78 is 5.48. The third-order valence-electron chi connectivity index (χ3n) is 3.80. The molecule has 1 saturated heterocycles. The van der Waals surface area contributed by atoms with E-state index in [0.29, 0.717) is 18.3 Å². The van der Waals surface area contributed by atoms with Crippen molar-refractivity contribution in [3.8, 4) is 0 Å². The summed E-state index contributed by atoms with van der Waals surface area (Å²) in [5.74, 6) is 1.47. The van der Waals surface area contributed by atoms with Gasteiger partial charge in [-0.15, -0.1) is 0 Å². The number of benzene rings is 1. The standard InChI is InChI=1S/C16H19ClN2O2/c17-12-2-1-3-14(8-12)19-7-6-13(10-19)18-9-15-4-5-16(11-20)21-15/h1-5,8,13,18,20H,6-7,9-11H2. The van der Waals surface area contributed by atoms with Gasteiger partial charge in [0.25, 0.3) is 0 Å². The van der Waals surface area contributed by atoms with Crippen molar-refractivity contribution in [1.82, 2.24) is 5.32 Å². The highest BCUT2D eigenvalue weighted by Crippen LogP contribution is 2.23. The fourth-order valence-electron chi connectivity index (χ4n) is 2.68. The van der Waals surface area contributed by atoms with E-state index in [-0.39, 0.29) is 6.61 Å². The molecule has 112 valence electrons. The third kappa shape index (κ3) is 3.59. The number of nitrogens with zero attached hydrogens (tertiary/aromatic N) is 1. The second kappa shape index (κ2) is 6.52. The van der Waals surface area contributed by atoms with Crippen LogP contribution in [0, 0.1) is 0 Å². The number of furan rings is 1. The highest BCUT2D eigenvalue weighted by molar-refractivity contribution is 6.30. The number of aliphatic hydroxyl groups is 1. The molecule has 0 spiro atoms. The molecule has 1 aliphatic rings. The van der Waals surface area contributed by atoms with Crippen molar-refractivity contribution in [3.05, 3.63) is 52.9 Å². The van der Waals surface area contributed by atoms with Crippen LogP contribution in [0.15, 0.2) is 40.8 Å². The van der Waals surface area contributed by atoms with E-state index in [1.54, 1.807) is 0 Å². The van der Waals surface area contributed by atoms with E-state index in [4.69, 9.17) is 21.1 Å². The summed E-state index contributed by atoms with van der Waals surface area (Å²) in [6.07, 6.45) is 1.10. The Hall–Kier alpha value is -1.49. The van der Waals surface area contributed by atoms with Crippen LogP contribution < -0.4 is 10.2 Å². The summed E-state index contributed by atoms with van der Waals surface area (Å²) >= 11 is 6.04. The SMILES string of the molecule is OCc1ccc(CNC2CCN(c3cccc(Cl)c3)C2)o1. The minimum Gasteiger partial charge on any atom is -0.462 e. The van der Waals surface area contributed by atoms with Crippen molar-refractivity contribution in [2.45, 2.75) is 25.6 Å². The monoisotopic (exact) mass is 306 g/mol. The molecule has 0 amide bonds. The number of hydrogen-bond donors (Lipinski definition) is 2. The van der Waals surface area contributed by atoms with Crippen molar-refractivity contribution in [2.75, 3.05) is 18.0 Å². The molecule has 1 unspecified atom stereocenters. The van der Waals surface area contributed by atoms with Gasteiger partial charge in [0.1, 0.15) is 18.1 Å². The maximum atomic E-state index is 8.98. The minimum atomic E-state index is -0.0496. The molecule has 2 N–H and O–H groups in total. The van der Waals surface area contributed by atoms with Crippen LogP contribution in [0.4, 0.5) is 5.69 Å². The minimum absolute atomic E-state index is 0.0496. The maximum absolute atomic E-state index is 8.98. The van der Waals surface area contributed by atoms with Crippen LogP contribution >= 0.6 is 11.6 Å². The Kier molecular flexibility index (Phi) is 4.48. The van der Waals surface area contributed by atoms with Crippen molar-refractivity contribution in [2.24, 2.45) is 0 Å². The molecule has 4 nitrogen and oxygen atoms in total. The Morgan fingerprint density at radius 1 is 1.29 bits per heavy atom. The number of hydrogen-bond acceptors (Lipinski definition) is 4. The number of halogens is 1. The molecule has 2 heterocycles. The van der Waals surface area contributed by atoms with Gasteiger partial charge < -0.3 is 19.7 Å². The highest BCUT2D eigenvalue weighted by Gasteiger charge is 2.22. The van der Waals surface area contributed by atoms with Gasteiger partial charge in [-0.05, 0) is 36.8 Å². The molecule has 5 heteroatoms. The summed E-state index contributed by atoms with van der Waals surface area (Å²) in [6.45, 7) is 2.63. The van der Waals surface area contributed by atoms with E-state index in [1.807, 2.05) is 30.3 Å². The summed E-state index contributed by atoms with van der Waals surface area (Å²) in [7, 11) is 0. The predicted octanol–water partition coefficient (Wildman–Crippen LogP) is 2.79. The van der Waals surface area contributed by atoms with Crippen LogP contribution in [0.1, 0.15) is 17.9 Å². The van der Waals surface area contributed by atoms with Gasteiger partial charge in [-0.2, -0.15) is 0 Å². The van der Waals surface area contributed by atoms with Crippen LogP contribution in [0.25, 0.3) is 0 Å². The first kappa shape index (κ1) is 14.4. The lowest BCUT2D eigenvalue weighted by atomic mass is 10.2. The second-order valence-electron chi connectivity index (χ2n) is 5.32. The van der Waals surface area contributed by atoms with Crippen LogP contribution in [0.2, 0.25) is 5.02 Å². The molecule has 1 atom stereocenters. The molecule has 1 fully saturated rings. The van der Waals surface area contributed by atoms with Crippen LogP contribution in [0.5, 0.6) is 0 Å². The van der Waals surface area contributed by atoms with Crippen LogP contribution in [-0.2, 0) is 13.2 Å². The molecule has 2 aromatic rings. The van der Waals surface area contributed by atoms with E-state index in [9.17, 15) is 0 Å². The van der Waals surface area contributed by atoms with Crippen molar-refractivity contribution >= 4 is 17.3 Å². The molecule has 21 heavy (non-hydrogen) atoms. The van der Waals surface area contributed by atoms with Gasteiger partial charge in [-0.3, -0.25) is 0 Å². The van der Waals surface area contributed by atoms with E-state index in [0.717, 1.165) is 30.3 Å². The van der Waals surface area contributed by atoms with Gasteiger partial charge in [0.15, 0.2) is 0 Å². The molecule has 0 aliphatic carbocycles. The molecular formula is C16H19ClN2O2. The van der Waals surface area contributed by atoms with Gasteiger partial charge in [0, 0.05) is 29.8 Å². The number of anilines is 1. The zero-order valence-electron chi connectivity index (χ0n) is 11.8. The molecule has 3 rings (SSSR count). The summed E-state index contributed by atoms with van der Waals surface area (Å²) in [5, 5.41) is 13.3. The molecule has 1 aromatic heterocycles. The van der Waals surface area contributed by atoms with E-state index in [2.05, 4.69) is 16.3 Å². The Labute approximate surface area is 129 Å². The highest BCUT2D eigenvalue weighted by atomic mass is 35.5. The van der Waals surface area contributed by atoms with Gasteiger partial charge >= 0.3 is 0 Å². The molecule has 0 bridgehead atoms. The predicted molar refractivity (Wildman–Crippen MR) is 83.5 cm³/mol. The average molecular weight is 307 g/mol. The first-order valence-corrected chi connectivity index (χ1v) is 7.55. The molecule has 0 saturated carbocycles. The Morgan fingerprint density at radius 2 is 2.14 bits per heavy atom. The number of rotatable bonds is 5. The fourth-order valence-corrected chi connectivity index (χ4v) is 2.87. The van der Waals surface area contributed by atoms with Gasteiger partial charge in [-0.1, -0.05) is 17.7 Å². The smallest absolute Gasteiger partial charge is 0.129 e. The maximum Gasteiger partial charge on any atom is 0.129 e. The quantitative estimate of drug-likeness (QED) is 0.892. The Bertz CT molecular complexity index is 599. The van der Waals surface area contributed by atoms with E-state index in [1.165, 1.54) is 5.69 Å². The zero-order valence-corrected chi connectivity index (χ0v) is 12.5. The Morgan fingerprint density at radius 3 is 2.90 bits per heavy atom. The lowest BCUT2D eigenvalue weighted by Gasteiger charge is -2.19. The fraction of sp³-hybridized carbons (Fsp3) is 0.375. The van der Waals surface area contributed by atoms with Crippen molar-refractivity contribution < 1.29 is 9.52 Å². The van der Waals surface area contributed by atoms with Gasteiger partial charge in [0.2, 0.25) is 0 Å². The lowest BCUT2D eigenvalue weighted by molar-refractivity contribution is 0.242. The summed E-state index contributed by atoms with van der Waals surface area (Å²) in [6, 6.07) is 12.1. The van der Waals surface area contributed by atoms with Crippen molar-refractivity contribution in [1.29, 1.82) is 0 Å². The van der Waals surface area contributed by atoms with Crippen LogP contribution in [0.3, 0.4) is 0 Å². The first-order valence-electron chi connectivity index (χ1n) is 7.17. The van der Waals surface area contributed by atoms with Gasteiger partial charge in [0.05, 0.1) is 6.54 Å². The molecule has 0 radical (unpaired) electrons. The van der Waals surface area contributed by atoms with E-state index < -0.39 is 0 Å². The largest absolute Gasteiger partial charge is 0.462 e. The lowest BCUT2D eigenvalue weighted by Crippen LogP contribution is -2.31. The topological polar surface area (TPSA) is 48.6 Å². The number of aliphatic hydroxyl groups excluding tert-OH is 1. The van der Waals surface area contributed by atoms with Crippen molar-refractivity contribution in [3.63, 3.8) is 0 Å². The van der Waals surface area contributed by atoms with Crippen LogP contribution in [-0.4, -0.2) is 24.2 Å². The average Bonchev–Trinajstić information content (AvgIpc) is 3.14. The first-order chi connectivity index (χ1) is 10.2. The molecule has 1 aromatic carbocycles. The molecule has 1 aliphatic heterocycles.